The zero-order valence-corrected chi connectivity index (χ0v) is 21.6. The van der Waals surface area contributed by atoms with Crippen molar-refractivity contribution in [2.24, 2.45) is 0 Å². The molecule has 11 heteroatoms. The van der Waals surface area contributed by atoms with E-state index in [-0.39, 0.29) is 21.6 Å². The SMILES string of the molecule is O=C(NC(=S)Nc1ccc(N2CCN(C(=O)c3cccs3)CC2)c(Cl)c1)c1cc(Cl)ccc1Cl. The maximum Gasteiger partial charge on any atom is 0.264 e. The average Bonchev–Trinajstić information content (AvgIpc) is 3.35. The highest BCUT2D eigenvalue weighted by Gasteiger charge is 2.24. The standard InChI is InChI=1S/C23H19Cl3N4O2S2/c24-14-3-5-17(25)16(12-14)21(31)28-23(33)27-15-4-6-19(18(26)13-15)29-7-9-30(10-8-29)22(32)20-2-1-11-34-20/h1-6,11-13H,7-10H2,(H2,27,28,31,33). The first-order valence-electron chi connectivity index (χ1n) is 10.3. The van der Waals surface area contributed by atoms with Gasteiger partial charge in [0.2, 0.25) is 0 Å². The summed E-state index contributed by atoms with van der Waals surface area (Å²) in [5.41, 5.74) is 1.72. The summed E-state index contributed by atoms with van der Waals surface area (Å²) in [4.78, 5) is 29.8. The third kappa shape index (κ3) is 5.82. The number of nitrogens with zero attached hydrogens (tertiary/aromatic N) is 2. The number of nitrogens with one attached hydrogen (secondary N) is 2. The number of halogens is 3. The molecule has 2 amide bonds. The zero-order chi connectivity index (χ0) is 24.2. The van der Waals surface area contributed by atoms with Crippen molar-refractivity contribution in [3.63, 3.8) is 0 Å². The summed E-state index contributed by atoms with van der Waals surface area (Å²) in [6.07, 6.45) is 0. The van der Waals surface area contributed by atoms with Gasteiger partial charge in [0.15, 0.2) is 5.11 Å². The maximum absolute atomic E-state index is 12.5. The molecule has 0 atom stereocenters. The minimum absolute atomic E-state index is 0.0647. The summed E-state index contributed by atoms with van der Waals surface area (Å²) in [5.74, 6) is -0.405. The minimum Gasteiger partial charge on any atom is -0.367 e. The van der Waals surface area contributed by atoms with Crippen molar-refractivity contribution in [2.45, 2.75) is 0 Å². The molecule has 0 radical (unpaired) electrons. The number of thiocarbonyl (C=S) groups is 1. The van der Waals surface area contributed by atoms with Gasteiger partial charge in [-0.3, -0.25) is 14.9 Å². The Hall–Kier alpha value is -2.36. The summed E-state index contributed by atoms with van der Waals surface area (Å²) in [5, 5.41) is 8.75. The molecule has 2 heterocycles. The quantitative estimate of drug-likeness (QED) is 0.400. The Morgan fingerprint density at radius 3 is 2.38 bits per heavy atom. The molecular weight excluding hydrogens is 535 g/mol. The molecule has 0 spiro atoms. The molecule has 6 nitrogen and oxygen atoms in total. The average molecular weight is 554 g/mol. The number of piperazine rings is 1. The van der Waals surface area contributed by atoms with E-state index in [1.165, 1.54) is 17.4 Å². The molecule has 1 fully saturated rings. The fourth-order valence-electron chi connectivity index (χ4n) is 3.55. The summed E-state index contributed by atoms with van der Waals surface area (Å²) < 4.78 is 0. The van der Waals surface area contributed by atoms with E-state index in [0.29, 0.717) is 41.9 Å². The number of hydrogen-bond acceptors (Lipinski definition) is 5. The van der Waals surface area contributed by atoms with Crippen LogP contribution in [0.5, 0.6) is 0 Å². The van der Waals surface area contributed by atoms with Crippen LogP contribution in [-0.2, 0) is 0 Å². The highest BCUT2D eigenvalue weighted by Crippen LogP contribution is 2.30. The van der Waals surface area contributed by atoms with Gasteiger partial charge in [0.1, 0.15) is 0 Å². The lowest BCUT2D eigenvalue weighted by molar-refractivity contribution is 0.0751. The Kier molecular flexibility index (Phi) is 7.95. The van der Waals surface area contributed by atoms with E-state index in [0.717, 1.165) is 10.6 Å². The van der Waals surface area contributed by atoms with Crippen LogP contribution in [0.25, 0.3) is 0 Å². The third-order valence-corrected chi connectivity index (χ3v) is 7.17. The largest absolute Gasteiger partial charge is 0.367 e. The number of rotatable bonds is 4. The molecular formula is C23H19Cl3N4O2S2. The Labute approximate surface area is 221 Å². The lowest BCUT2D eigenvalue weighted by atomic mass is 10.2. The second kappa shape index (κ2) is 10.9. The van der Waals surface area contributed by atoms with E-state index in [1.54, 1.807) is 18.2 Å². The first-order valence-corrected chi connectivity index (χ1v) is 12.7. The van der Waals surface area contributed by atoms with Crippen molar-refractivity contribution in [1.82, 2.24) is 10.2 Å². The van der Waals surface area contributed by atoms with Crippen LogP contribution in [0.15, 0.2) is 53.9 Å². The van der Waals surface area contributed by atoms with Gasteiger partial charge < -0.3 is 15.1 Å². The van der Waals surface area contributed by atoms with Crippen LogP contribution in [0.1, 0.15) is 20.0 Å². The normalized spacial score (nSPS) is 13.5. The van der Waals surface area contributed by atoms with Crippen molar-refractivity contribution in [3.8, 4) is 0 Å². The Bertz CT molecular complexity index is 1230. The molecule has 3 aromatic rings. The monoisotopic (exact) mass is 552 g/mol. The second-order valence-corrected chi connectivity index (χ2v) is 10.1. The van der Waals surface area contributed by atoms with Crippen molar-refractivity contribution >= 4 is 86.7 Å². The summed E-state index contributed by atoms with van der Waals surface area (Å²) in [6, 6.07) is 13.8. The number of carbonyl (C=O) groups is 2. The van der Waals surface area contributed by atoms with Gasteiger partial charge in [-0.1, -0.05) is 40.9 Å². The number of carbonyl (C=O) groups excluding carboxylic acids is 2. The van der Waals surface area contributed by atoms with Crippen LogP contribution in [0.2, 0.25) is 15.1 Å². The van der Waals surface area contributed by atoms with Gasteiger partial charge in [0.05, 0.1) is 26.2 Å². The summed E-state index contributed by atoms with van der Waals surface area (Å²) >= 11 is 25.3. The Balaban J connectivity index is 1.34. The van der Waals surface area contributed by atoms with Gasteiger partial charge >= 0.3 is 0 Å². The summed E-state index contributed by atoms with van der Waals surface area (Å²) in [6.45, 7) is 2.60. The zero-order valence-electron chi connectivity index (χ0n) is 17.7. The van der Waals surface area contributed by atoms with E-state index in [2.05, 4.69) is 15.5 Å². The molecule has 0 unspecified atom stereocenters. The van der Waals surface area contributed by atoms with Crippen LogP contribution in [0, 0.1) is 0 Å². The molecule has 34 heavy (non-hydrogen) atoms. The molecule has 176 valence electrons. The number of anilines is 2. The predicted molar refractivity (Wildman–Crippen MR) is 144 cm³/mol. The number of thiophene rings is 1. The molecule has 1 aliphatic heterocycles. The van der Waals surface area contributed by atoms with Crippen LogP contribution in [-0.4, -0.2) is 48.0 Å². The lowest BCUT2D eigenvalue weighted by Gasteiger charge is -2.36. The van der Waals surface area contributed by atoms with Crippen molar-refractivity contribution in [1.29, 1.82) is 0 Å². The third-order valence-electron chi connectivity index (χ3n) is 5.25. The molecule has 0 bridgehead atoms. The van der Waals surface area contributed by atoms with Gasteiger partial charge in [-0.15, -0.1) is 11.3 Å². The van der Waals surface area contributed by atoms with E-state index < -0.39 is 5.91 Å². The van der Waals surface area contributed by atoms with Crippen LogP contribution in [0.3, 0.4) is 0 Å². The molecule has 1 aliphatic rings. The van der Waals surface area contributed by atoms with E-state index in [4.69, 9.17) is 47.0 Å². The number of hydrogen-bond donors (Lipinski definition) is 2. The van der Waals surface area contributed by atoms with Gasteiger partial charge in [-0.2, -0.15) is 0 Å². The molecule has 2 aromatic carbocycles. The Morgan fingerprint density at radius 2 is 1.71 bits per heavy atom. The van der Waals surface area contributed by atoms with Gasteiger partial charge in [-0.25, -0.2) is 0 Å². The van der Waals surface area contributed by atoms with Gasteiger partial charge in [0.25, 0.3) is 11.8 Å². The highest BCUT2D eigenvalue weighted by molar-refractivity contribution is 7.80. The number of benzene rings is 2. The first kappa shape index (κ1) is 24.8. The second-order valence-electron chi connectivity index (χ2n) is 7.46. The minimum atomic E-state index is -0.470. The van der Waals surface area contributed by atoms with Gasteiger partial charge in [0, 0.05) is 36.9 Å². The molecule has 2 N–H and O–H groups in total. The van der Waals surface area contributed by atoms with E-state index >= 15 is 0 Å². The van der Waals surface area contributed by atoms with Crippen LogP contribution in [0.4, 0.5) is 11.4 Å². The van der Waals surface area contributed by atoms with E-state index in [9.17, 15) is 9.59 Å². The lowest BCUT2D eigenvalue weighted by Crippen LogP contribution is -2.48. The topological polar surface area (TPSA) is 64.7 Å². The molecule has 4 rings (SSSR count). The first-order chi connectivity index (χ1) is 16.3. The molecule has 1 aromatic heterocycles. The van der Waals surface area contributed by atoms with E-state index in [1.807, 2.05) is 34.5 Å². The number of amides is 2. The van der Waals surface area contributed by atoms with Crippen LogP contribution < -0.4 is 15.5 Å². The van der Waals surface area contributed by atoms with Gasteiger partial charge in [-0.05, 0) is 60.1 Å². The fourth-order valence-corrected chi connectivity index (χ4v) is 5.13. The molecule has 0 saturated carbocycles. The van der Waals surface area contributed by atoms with Crippen LogP contribution >= 0.6 is 58.4 Å². The maximum atomic E-state index is 12.5. The highest BCUT2D eigenvalue weighted by atomic mass is 35.5. The Morgan fingerprint density at radius 1 is 0.941 bits per heavy atom. The fraction of sp³-hybridized carbons (Fsp3) is 0.174. The molecule has 1 saturated heterocycles. The predicted octanol–water partition coefficient (Wildman–Crippen LogP) is 5.80. The van der Waals surface area contributed by atoms with Crippen molar-refractivity contribution in [3.05, 3.63) is 79.4 Å². The smallest absolute Gasteiger partial charge is 0.264 e. The van der Waals surface area contributed by atoms with Crippen molar-refractivity contribution < 1.29 is 9.59 Å². The molecule has 0 aliphatic carbocycles. The van der Waals surface area contributed by atoms with Crippen molar-refractivity contribution in [2.75, 3.05) is 36.4 Å². The summed E-state index contributed by atoms with van der Waals surface area (Å²) in [7, 11) is 0.